The standard InChI is InChI=1S/C29H28N4O3/c1-19(34)17-33-29(36)23-11-12-24-25(18-32-26(24)15-23)28(35)27(22-5-3-2-4-6-22)31-14-13-20-7-9-21(16-30)10-8-20/h2-12,15,18-19,27,31-32,34H,13-14,17H2,1H3,(H,33,36)/t19-,27?/m1/s1. The van der Waals surface area contributed by atoms with E-state index in [9.17, 15) is 14.7 Å². The van der Waals surface area contributed by atoms with Gasteiger partial charge in [-0.05, 0) is 48.7 Å². The van der Waals surface area contributed by atoms with Gasteiger partial charge in [0.1, 0.15) is 0 Å². The molecule has 4 aromatic rings. The molecule has 7 nitrogen and oxygen atoms in total. The molecule has 0 saturated heterocycles. The normalized spacial score (nSPS) is 12.6. The summed E-state index contributed by atoms with van der Waals surface area (Å²) in [6, 6.07) is 23.8. The van der Waals surface area contributed by atoms with Gasteiger partial charge in [0, 0.05) is 41.3 Å². The van der Waals surface area contributed by atoms with E-state index < -0.39 is 12.1 Å². The third-order valence-corrected chi connectivity index (χ3v) is 6.01. The predicted molar refractivity (Wildman–Crippen MR) is 139 cm³/mol. The van der Waals surface area contributed by atoms with Gasteiger partial charge in [0.2, 0.25) is 0 Å². The maximum absolute atomic E-state index is 13.7. The number of carbonyl (C=O) groups is 2. The Kier molecular flexibility index (Phi) is 7.91. The minimum Gasteiger partial charge on any atom is -0.392 e. The van der Waals surface area contributed by atoms with Crippen molar-refractivity contribution in [2.45, 2.75) is 25.5 Å². The van der Waals surface area contributed by atoms with Crippen LogP contribution in [0.2, 0.25) is 0 Å². The maximum atomic E-state index is 13.7. The van der Waals surface area contributed by atoms with E-state index in [2.05, 4.69) is 21.7 Å². The lowest BCUT2D eigenvalue weighted by molar-refractivity contribution is 0.0922. The number of nitrogens with zero attached hydrogens (tertiary/aromatic N) is 1. The number of amides is 1. The van der Waals surface area contributed by atoms with E-state index in [4.69, 9.17) is 5.26 Å². The van der Waals surface area contributed by atoms with Crippen molar-refractivity contribution in [1.82, 2.24) is 15.6 Å². The number of ketones is 1. The molecule has 1 amide bonds. The lowest BCUT2D eigenvalue weighted by Crippen LogP contribution is -2.30. The summed E-state index contributed by atoms with van der Waals surface area (Å²) in [6.07, 6.45) is 1.76. The van der Waals surface area contributed by atoms with E-state index in [1.807, 2.05) is 42.5 Å². The molecule has 0 saturated carbocycles. The first-order valence-electron chi connectivity index (χ1n) is 11.8. The molecule has 0 bridgehead atoms. The fraction of sp³-hybridized carbons (Fsp3) is 0.207. The molecule has 0 aliphatic heterocycles. The monoisotopic (exact) mass is 480 g/mol. The Balaban J connectivity index is 1.53. The summed E-state index contributed by atoms with van der Waals surface area (Å²) in [7, 11) is 0. The van der Waals surface area contributed by atoms with Gasteiger partial charge in [0.25, 0.3) is 5.91 Å². The molecular formula is C29H28N4O3. The number of nitrogens with one attached hydrogen (secondary N) is 3. The van der Waals surface area contributed by atoms with E-state index in [0.717, 1.165) is 16.5 Å². The average molecular weight is 481 g/mol. The Hall–Kier alpha value is -4.25. The number of Topliss-reactive ketones (excluding diaryl/α,β-unsaturated/α-hetero) is 1. The van der Waals surface area contributed by atoms with Crippen LogP contribution in [0.4, 0.5) is 0 Å². The highest BCUT2D eigenvalue weighted by Gasteiger charge is 2.24. The molecule has 7 heteroatoms. The van der Waals surface area contributed by atoms with Gasteiger partial charge in [0.15, 0.2) is 5.78 Å². The fourth-order valence-corrected chi connectivity index (χ4v) is 4.08. The van der Waals surface area contributed by atoms with Gasteiger partial charge < -0.3 is 20.7 Å². The van der Waals surface area contributed by atoms with Crippen molar-refractivity contribution < 1.29 is 14.7 Å². The first-order valence-corrected chi connectivity index (χ1v) is 11.8. The van der Waals surface area contributed by atoms with Gasteiger partial charge in [-0.15, -0.1) is 0 Å². The van der Waals surface area contributed by atoms with Crippen LogP contribution in [0.3, 0.4) is 0 Å². The number of hydrogen-bond acceptors (Lipinski definition) is 5. The fourth-order valence-electron chi connectivity index (χ4n) is 4.08. The van der Waals surface area contributed by atoms with Crippen LogP contribution < -0.4 is 10.6 Å². The second-order valence-corrected chi connectivity index (χ2v) is 8.74. The minimum absolute atomic E-state index is 0.0708. The molecule has 0 spiro atoms. The van der Waals surface area contributed by atoms with E-state index >= 15 is 0 Å². The van der Waals surface area contributed by atoms with E-state index in [1.165, 1.54) is 0 Å². The van der Waals surface area contributed by atoms with Gasteiger partial charge in [-0.25, -0.2) is 0 Å². The summed E-state index contributed by atoms with van der Waals surface area (Å²) in [5.74, 6) is -0.356. The van der Waals surface area contributed by atoms with Crippen LogP contribution in [-0.2, 0) is 6.42 Å². The van der Waals surface area contributed by atoms with Crippen LogP contribution in [0, 0.1) is 11.3 Å². The highest BCUT2D eigenvalue weighted by Crippen LogP contribution is 2.26. The summed E-state index contributed by atoms with van der Waals surface area (Å²) in [4.78, 5) is 29.2. The Morgan fingerprint density at radius 2 is 1.81 bits per heavy atom. The van der Waals surface area contributed by atoms with Crippen LogP contribution in [0.1, 0.15) is 50.4 Å². The Labute approximate surface area is 209 Å². The number of benzene rings is 3. The van der Waals surface area contributed by atoms with Gasteiger partial charge in [-0.3, -0.25) is 9.59 Å². The zero-order valence-corrected chi connectivity index (χ0v) is 20.0. The van der Waals surface area contributed by atoms with Gasteiger partial charge in [-0.1, -0.05) is 48.5 Å². The zero-order chi connectivity index (χ0) is 25.5. The number of nitriles is 1. The van der Waals surface area contributed by atoms with E-state index in [1.54, 1.807) is 43.5 Å². The summed E-state index contributed by atoms with van der Waals surface area (Å²) in [6.45, 7) is 2.35. The highest BCUT2D eigenvalue weighted by atomic mass is 16.3. The summed E-state index contributed by atoms with van der Waals surface area (Å²) < 4.78 is 0. The second kappa shape index (κ2) is 11.5. The molecule has 36 heavy (non-hydrogen) atoms. The number of fused-ring (bicyclic) bond motifs is 1. The van der Waals surface area contributed by atoms with E-state index in [-0.39, 0.29) is 18.2 Å². The highest BCUT2D eigenvalue weighted by molar-refractivity contribution is 6.11. The quantitative estimate of drug-likeness (QED) is 0.257. The molecule has 1 heterocycles. The lowest BCUT2D eigenvalue weighted by atomic mass is 9.96. The summed E-state index contributed by atoms with van der Waals surface area (Å²) >= 11 is 0. The van der Waals surface area contributed by atoms with Crippen LogP contribution in [0.5, 0.6) is 0 Å². The Morgan fingerprint density at radius 1 is 1.06 bits per heavy atom. The lowest BCUT2D eigenvalue weighted by Gasteiger charge is -2.18. The molecular weight excluding hydrogens is 452 g/mol. The molecule has 0 aliphatic rings. The predicted octanol–water partition coefficient (Wildman–Crippen LogP) is 3.91. The number of carbonyl (C=O) groups excluding carboxylic acids is 2. The molecule has 1 aromatic heterocycles. The first-order chi connectivity index (χ1) is 17.5. The number of aromatic amines is 1. The molecule has 4 N–H and O–H groups in total. The van der Waals surface area contributed by atoms with Crippen molar-refractivity contribution in [3.05, 3.63) is 107 Å². The molecule has 0 aliphatic carbocycles. The minimum atomic E-state index is -0.633. The Morgan fingerprint density at radius 3 is 2.50 bits per heavy atom. The molecule has 0 fully saturated rings. The number of rotatable bonds is 10. The van der Waals surface area contributed by atoms with Crippen molar-refractivity contribution in [1.29, 1.82) is 5.26 Å². The van der Waals surface area contributed by atoms with Gasteiger partial charge in [-0.2, -0.15) is 5.26 Å². The summed E-state index contributed by atoms with van der Waals surface area (Å²) in [5, 5.41) is 25.2. The van der Waals surface area contributed by atoms with Gasteiger partial charge >= 0.3 is 0 Å². The maximum Gasteiger partial charge on any atom is 0.251 e. The number of aliphatic hydroxyl groups excluding tert-OH is 1. The summed E-state index contributed by atoms with van der Waals surface area (Å²) in [5.41, 5.74) is 4.24. The molecule has 4 rings (SSSR count). The van der Waals surface area contributed by atoms with Crippen molar-refractivity contribution in [3.8, 4) is 6.07 Å². The van der Waals surface area contributed by atoms with E-state index in [0.29, 0.717) is 35.2 Å². The third kappa shape index (κ3) is 5.87. The zero-order valence-electron chi connectivity index (χ0n) is 20.0. The van der Waals surface area contributed by atoms with Crippen LogP contribution in [0.25, 0.3) is 10.9 Å². The molecule has 0 radical (unpaired) electrons. The number of hydrogen-bond donors (Lipinski definition) is 4. The van der Waals surface area contributed by atoms with Crippen molar-refractivity contribution in [3.63, 3.8) is 0 Å². The Bertz CT molecular complexity index is 1390. The molecule has 1 unspecified atom stereocenters. The van der Waals surface area contributed by atoms with Crippen molar-refractivity contribution in [2.24, 2.45) is 0 Å². The average Bonchev–Trinajstić information content (AvgIpc) is 3.33. The number of H-pyrrole nitrogens is 1. The SMILES string of the molecule is C[C@@H](O)CNC(=O)c1ccc2c(C(=O)C(NCCc3ccc(C#N)cc3)c3ccccc3)c[nH]c2c1. The topological polar surface area (TPSA) is 118 Å². The molecule has 2 atom stereocenters. The van der Waals surface area contributed by atoms with Crippen molar-refractivity contribution >= 4 is 22.6 Å². The van der Waals surface area contributed by atoms with Gasteiger partial charge in [0.05, 0.1) is 23.8 Å². The molecule has 3 aromatic carbocycles. The number of aliphatic hydroxyl groups is 1. The smallest absolute Gasteiger partial charge is 0.251 e. The number of aromatic nitrogens is 1. The third-order valence-electron chi connectivity index (χ3n) is 6.01. The van der Waals surface area contributed by atoms with Crippen LogP contribution in [-0.4, -0.2) is 41.0 Å². The van der Waals surface area contributed by atoms with Crippen molar-refractivity contribution in [2.75, 3.05) is 13.1 Å². The first kappa shape index (κ1) is 24.9. The second-order valence-electron chi connectivity index (χ2n) is 8.74. The van der Waals surface area contributed by atoms with Crippen LogP contribution in [0.15, 0.2) is 79.0 Å². The molecule has 182 valence electrons. The largest absolute Gasteiger partial charge is 0.392 e. The van der Waals surface area contributed by atoms with Crippen LogP contribution >= 0.6 is 0 Å².